The molecule has 1 fully saturated rings. The molecule has 0 spiro atoms. The lowest BCUT2D eigenvalue weighted by Gasteiger charge is -2.33. The number of benzene rings is 2. The molecule has 0 aliphatic carbocycles. The predicted octanol–water partition coefficient (Wildman–Crippen LogP) is 3.63. The molecule has 1 unspecified atom stereocenters. The Morgan fingerprint density at radius 1 is 1.12 bits per heavy atom. The van der Waals surface area contributed by atoms with Gasteiger partial charge in [-0.1, -0.05) is 18.2 Å². The maximum atomic E-state index is 12.9. The summed E-state index contributed by atoms with van der Waals surface area (Å²) in [6, 6.07) is 11.4. The van der Waals surface area contributed by atoms with E-state index >= 15 is 0 Å². The Labute approximate surface area is 198 Å². The summed E-state index contributed by atoms with van der Waals surface area (Å²) in [6.07, 6.45) is 2.75. The van der Waals surface area contributed by atoms with Crippen LogP contribution in [0.15, 0.2) is 42.6 Å². The van der Waals surface area contributed by atoms with Crippen LogP contribution >= 0.6 is 0 Å². The maximum Gasteiger partial charge on any atom is 0.223 e. The molecule has 1 aliphatic heterocycles. The molecule has 34 heavy (non-hydrogen) atoms. The fraction of sp³-hybridized carbons (Fsp3) is 0.385. The normalized spacial score (nSPS) is 15.9. The van der Waals surface area contributed by atoms with E-state index in [2.05, 4.69) is 11.1 Å². The number of aryl methyl sites for hydroxylation is 1. The molecule has 1 N–H and O–H groups in total. The van der Waals surface area contributed by atoms with Crippen molar-refractivity contribution < 1.29 is 28.5 Å². The molecular weight excluding hydrogens is 436 g/mol. The molecule has 8 nitrogen and oxygen atoms in total. The van der Waals surface area contributed by atoms with Crippen LogP contribution in [0.4, 0.5) is 0 Å². The third-order valence-corrected chi connectivity index (χ3v) is 6.07. The largest absolute Gasteiger partial charge is 0.493 e. The number of carbonyl (C=O) groups is 2. The molecule has 0 bridgehead atoms. The van der Waals surface area contributed by atoms with Crippen LogP contribution in [0, 0.1) is 0 Å². The number of aromatic amines is 1. The Morgan fingerprint density at radius 3 is 2.71 bits per heavy atom. The topological polar surface area (TPSA) is 90.1 Å². The van der Waals surface area contributed by atoms with E-state index < -0.39 is 0 Å². The van der Waals surface area contributed by atoms with Crippen molar-refractivity contribution >= 4 is 22.6 Å². The van der Waals surface area contributed by atoms with Gasteiger partial charge in [0.2, 0.25) is 11.7 Å². The highest BCUT2D eigenvalue weighted by molar-refractivity contribution is 5.98. The van der Waals surface area contributed by atoms with Gasteiger partial charge in [0.1, 0.15) is 12.7 Å². The lowest BCUT2D eigenvalue weighted by molar-refractivity contribution is -0.139. The third kappa shape index (κ3) is 5.02. The molecular formula is C26H30N2O6. The Morgan fingerprint density at radius 2 is 1.94 bits per heavy atom. The van der Waals surface area contributed by atoms with E-state index in [0.29, 0.717) is 55.4 Å². The van der Waals surface area contributed by atoms with Gasteiger partial charge in [-0.3, -0.25) is 9.59 Å². The average molecular weight is 467 g/mol. The quantitative estimate of drug-likeness (QED) is 0.485. The van der Waals surface area contributed by atoms with E-state index in [-0.39, 0.29) is 24.4 Å². The van der Waals surface area contributed by atoms with Gasteiger partial charge in [0.05, 0.1) is 32.9 Å². The number of Topliss-reactive ketones (excluding diaryl/α,β-unsaturated/α-hetero) is 1. The van der Waals surface area contributed by atoms with Crippen molar-refractivity contribution in [1.29, 1.82) is 0 Å². The van der Waals surface area contributed by atoms with E-state index in [0.717, 1.165) is 16.5 Å². The maximum absolute atomic E-state index is 12.9. The summed E-state index contributed by atoms with van der Waals surface area (Å²) in [5.41, 5.74) is 2.62. The molecule has 1 aromatic heterocycles. The molecule has 2 aromatic carbocycles. The number of para-hydroxylation sites is 1. The highest BCUT2D eigenvalue weighted by Gasteiger charge is 2.26. The van der Waals surface area contributed by atoms with Crippen molar-refractivity contribution in [1.82, 2.24) is 9.88 Å². The number of hydrogen-bond donors (Lipinski definition) is 1. The molecule has 4 rings (SSSR count). The predicted molar refractivity (Wildman–Crippen MR) is 128 cm³/mol. The van der Waals surface area contributed by atoms with E-state index in [4.69, 9.17) is 18.9 Å². The molecule has 180 valence electrons. The van der Waals surface area contributed by atoms with Gasteiger partial charge >= 0.3 is 0 Å². The number of ketones is 1. The smallest absolute Gasteiger partial charge is 0.223 e. The number of rotatable bonds is 9. The van der Waals surface area contributed by atoms with E-state index in [1.165, 1.54) is 21.1 Å². The summed E-state index contributed by atoms with van der Waals surface area (Å²) >= 11 is 0. The molecule has 2 heterocycles. The molecule has 1 saturated heterocycles. The standard InChI is InChI=1S/C26H30N2O6/c1-17(29)20-9-10-23(31-2)26(32-3)25(20)34-16-19-15-28(12-13-33-19)24(30)11-8-18-14-27-22-7-5-4-6-21(18)22/h4-7,9-10,14,19,27H,8,11-13,15-16H2,1-3H3. The number of amides is 1. The second-order valence-electron chi connectivity index (χ2n) is 8.24. The molecule has 1 aliphatic rings. The number of ether oxygens (including phenoxy) is 4. The number of aromatic nitrogens is 1. The number of methoxy groups -OCH3 is 2. The first-order valence-corrected chi connectivity index (χ1v) is 11.3. The number of hydrogen-bond acceptors (Lipinski definition) is 6. The van der Waals surface area contributed by atoms with Gasteiger partial charge in [-0.25, -0.2) is 0 Å². The number of fused-ring (bicyclic) bond motifs is 1. The molecule has 3 aromatic rings. The molecule has 1 atom stereocenters. The summed E-state index contributed by atoms with van der Waals surface area (Å²) in [4.78, 5) is 30.1. The van der Waals surface area contributed by atoms with Crippen molar-refractivity contribution in [2.45, 2.75) is 25.9 Å². The zero-order chi connectivity index (χ0) is 24.1. The summed E-state index contributed by atoms with van der Waals surface area (Å²) in [5.74, 6) is 1.09. The van der Waals surface area contributed by atoms with Gasteiger partial charge in [0.25, 0.3) is 0 Å². The van der Waals surface area contributed by atoms with Gasteiger partial charge < -0.3 is 28.8 Å². The highest BCUT2D eigenvalue weighted by Crippen LogP contribution is 2.40. The monoisotopic (exact) mass is 466 g/mol. The Hall–Kier alpha value is -3.52. The van der Waals surface area contributed by atoms with Crippen LogP contribution in [0.2, 0.25) is 0 Å². The number of H-pyrrole nitrogens is 1. The fourth-order valence-corrected chi connectivity index (χ4v) is 4.28. The van der Waals surface area contributed by atoms with Gasteiger partial charge in [0, 0.05) is 30.1 Å². The van der Waals surface area contributed by atoms with Crippen LogP contribution in [0.3, 0.4) is 0 Å². The summed E-state index contributed by atoms with van der Waals surface area (Å²) in [6.45, 7) is 3.05. The minimum atomic E-state index is -0.318. The van der Waals surface area contributed by atoms with Crippen molar-refractivity contribution in [2.24, 2.45) is 0 Å². The average Bonchev–Trinajstić information content (AvgIpc) is 3.28. The Kier molecular flexibility index (Phi) is 7.37. The highest BCUT2D eigenvalue weighted by atomic mass is 16.6. The van der Waals surface area contributed by atoms with Crippen molar-refractivity contribution in [3.8, 4) is 17.2 Å². The van der Waals surface area contributed by atoms with Gasteiger partial charge in [-0.15, -0.1) is 0 Å². The summed E-state index contributed by atoms with van der Waals surface area (Å²) in [5, 5.41) is 1.15. The number of nitrogens with zero attached hydrogens (tertiary/aromatic N) is 1. The minimum absolute atomic E-state index is 0.0852. The van der Waals surface area contributed by atoms with Crippen LogP contribution in [-0.2, 0) is 16.0 Å². The zero-order valence-corrected chi connectivity index (χ0v) is 19.8. The fourth-order valence-electron chi connectivity index (χ4n) is 4.28. The van der Waals surface area contributed by atoms with Crippen molar-refractivity contribution in [2.75, 3.05) is 40.5 Å². The van der Waals surface area contributed by atoms with Crippen molar-refractivity contribution in [3.05, 3.63) is 53.7 Å². The molecule has 0 saturated carbocycles. The van der Waals surface area contributed by atoms with Crippen LogP contribution in [-0.4, -0.2) is 68.2 Å². The van der Waals surface area contributed by atoms with E-state index in [1.807, 2.05) is 29.3 Å². The first-order chi connectivity index (χ1) is 16.5. The first kappa shape index (κ1) is 23.6. The second kappa shape index (κ2) is 10.6. The van der Waals surface area contributed by atoms with Crippen molar-refractivity contribution in [3.63, 3.8) is 0 Å². The first-order valence-electron chi connectivity index (χ1n) is 11.3. The summed E-state index contributed by atoms with van der Waals surface area (Å²) in [7, 11) is 3.03. The Balaban J connectivity index is 1.38. The lowest BCUT2D eigenvalue weighted by Crippen LogP contribution is -2.47. The number of morpholine rings is 1. The van der Waals surface area contributed by atoms with E-state index in [9.17, 15) is 9.59 Å². The van der Waals surface area contributed by atoms with Crippen LogP contribution < -0.4 is 14.2 Å². The SMILES string of the molecule is COc1ccc(C(C)=O)c(OCC2CN(C(=O)CCc3c[nH]c4ccccc34)CCO2)c1OC. The van der Waals surface area contributed by atoms with Crippen LogP contribution in [0.1, 0.15) is 29.3 Å². The van der Waals surface area contributed by atoms with Gasteiger partial charge in [-0.2, -0.15) is 0 Å². The number of carbonyl (C=O) groups excluding carboxylic acids is 2. The van der Waals surface area contributed by atoms with Crippen LogP contribution in [0.25, 0.3) is 10.9 Å². The molecule has 0 radical (unpaired) electrons. The zero-order valence-electron chi connectivity index (χ0n) is 19.8. The van der Waals surface area contributed by atoms with Gasteiger partial charge in [-0.05, 0) is 37.1 Å². The van der Waals surface area contributed by atoms with Gasteiger partial charge in [0.15, 0.2) is 17.3 Å². The molecule has 8 heteroatoms. The minimum Gasteiger partial charge on any atom is -0.493 e. The lowest BCUT2D eigenvalue weighted by atomic mass is 10.1. The Bertz CT molecular complexity index is 1170. The van der Waals surface area contributed by atoms with E-state index in [1.54, 1.807) is 12.1 Å². The second-order valence-corrected chi connectivity index (χ2v) is 8.24. The number of nitrogens with one attached hydrogen (secondary N) is 1. The summed E-state index contributed by atoms with van der Waals surface area (Å²) < 4.78 is 22.6. The third-order valence-electron chi connectivity index (χ3n) is 6.07. The molecule has 1 amide bonds. The van der Waals surface area contributed by atoms with Crippen LogP contribution in [0.5, 0.6) is 17.2 Å².